The summed E-state index contributed by atoms with van der Waals surface area (Å²) < 4.78 is 1.07. The van der Waals surface area contributed by atoms with Crippen LogP contribution >= 0.6 is 23.1 Å². The van der Waals surface area contributed by atoms with Crippen molar-refractivity contribution in [2.24, 2.45) is 0 Å². The maximum Gasteiger partial charge on any atom is 0.151 e. The van der Waals surface area contributed by atoms with Gasteiger partial charge in [0.25, 0.3) is 0 Å². The van der Waals surface area contributed by atoms with E-state index in [-0.39, 0.29) is 0 Å². The van der Waals surface area contributed by atoms with E-state index in [1.54, 1.807) is 29.4 Å². The van der Waals surface area contributed by atoms with E-state index in [0.717, 1.165) is 27.2 Å². The number of thiophene rings is 1. The SMILES string of the molecule is CSc1cccc(-c2cc3ncnc(Nc4ccc5[nH]ccc5c4)c3s2)c1. The Morgan fingerprint density at radius 1 is 1.04 bits per heavy atom. The first-order valence-corrected chi connectivity index (χ1v) is 10.6. The summed E-state index contributed by atoms with van der Waals surface area (Å²) in [4.78, 5) is 14.6. The molecule has 0 bridgehead atoms. The van der Waals surface area contributed by atoms with Crippen molar-refractivity contribution in [2.45, 2.75) is 4.90 Å². The van der Waals surface area contributed by atoms with Crippen molar-refractivity contribution in [3.63, 3.8) is 0 Å². The number of hydrogen-bond acceptors (Lipinski definition) is 5. The maximum absolute atomic E-state index is 4.49. The molecule has 3 heterocycles. The van der Waals surface area contributed by atoms with Gasteiger partial charge < -0.3 is 10.3 Å². The minimum absolute atomic E-state index is 0.840. The van der Waals surface area contributed by atoms with Crippen molar-refractivity contribution in [2.75, 3.05) is 11.6 Å². The Bertz CT molecular complexity index is 1260. The largest absolute Gasteiger partial charge is 0.361 e. The van der Waals surface area contributed by atoms with Crippen LogP contribution in [-0.2, 0) is 0 Å². The molecule has 4 nitrogen and oxygen atoms in total. The lowest BCUT2D eigenvalue weighted by molar-refractivity contribution is 1.23. The fourth-order valence-corrected chi connectivity index (χ4v) is 4.64. The van der Waals surface area contributed by atoms with Crippen LogP contribution in [0, 0.1) is 0 Å². The van der Waals surface area contributed by atoms with Crippen LogP contribution < -0.4 is 5.32 Å². The zero-order valence-electron chi connectivity index (χ0n) is 14.6. The highest BCUT2D eigenvalue weighted by Crippen LogP contribution is 2.37. The standard InChI is InChI=1S/C21H16N4S2/c1-26-16-4-2-3-14(10-16)19-11-18-20(27-19)21(24-12-23-18)25-15-5-6-17-13(9-15)7-8-22-17/h2-12,22H,1H3,(H,23,24,25). The van der Waals surface area contributed by atoms with E-state index in [4.69, 9.17) is 0 Å². The van der Waals surface area contributed by atoms with Gasteiger partial charge in [-0.15, -0.1) is 23.1 Å². The predicted molar refractivity (Wildman–Crippen MR) is 116 cm³/mol. The van der Waals surface area contributed by atoms with Gasteiger partial charge in [0.05, 0.1) is 10.2 Å². The van der Waals surface area contributed by atoms with Crippen molar-refractivity contribution >= 4 is 55.7 Å². The van der Waals surface area contributed by atoms with Crippen molar-refractivity contribution in [1.82, 2.24) is 15.0 Å². The van der Waals surface area contributed by atoms with Crippen LogP contribution in [0.5, 0.6) is 0 Å². The minimum atomic E-state index is 0.840. The molecule has 0 unspecified atom stereocenters. The Kier molecular flexibility index (Phi) is 4.07. The van der Waals surface area contributed by atoms with Gasteiger partial charge in [-0.05, 0) is 54.3 Å². The monoisotopic (exact) mass is 388 g/mol. The van der Waals surface area contributed by atoms with Gasteiger partial charge in [-0.3, -0.25) is 0 Å². The number of anilines is 2. The summed E-state index contributed by atoms with van der Waals surface area (Å²) in [5.41, 5.74) is 4.32. The first-order chi connectivity index (χ1) is 13.3. The molecule has 0 fully saturated rings. The zero-order chi connectivity index (χ0) is 18.2. The van der Waals surface area contributed by atoms with Crippen molar-refractivity contribution in [1.29, 1.82) is 0 Å². The highest BCUT2D eigenvalue weighted by Gasteiger charge is 2.11. The first-order valence-electron chi connectivity index (χ1n) is 8.53. The summed E-state index contributed by atoms with van der Waals surface area (Å²) in [5, 5.41) is 4.63. The second-order valence-corrected chi connectivity index (χ2v) is 8.12. The molecule has 5 rings (SSSR count). The van der Waals surface area contributed by atoms with Crippen LogP contribution in [-0.4, -0.2) is 21.2 Å². The van der Waals surface area contributed by atoms with Crippen LogP contribution in [0.15, 0.2) is 72.0 Å². The number of aromatic amines is 1. The highest BCUT2D eigenvalue weighted by atomic mass is 32.2. The highest BCUT2D eigenvalue weighted by molar-refractivity contribution is 7.98. The van der Waals surface area contributed by atoms with Crippen LogP contribution in [0.2, 0.25) is 0 Å². The van der Waals surface area contributed by atoms with Gasteiger partial charge >= 0.3 is 0 Å². The summed E-state index contributed by atoms with van der Waals surface area (Å²) in [6.07, 6.45) is 5.67. The molecule has 0 saturated heterocycles. The molecule has 27 heavy (non-hydrogen) atoms. The Balaban J connectivity index is 1.55. The first kappa shape index (κ1) is 16.4. The molecule has 0 radical (unpaired) electrons. The fourth-order valence-electron chi connectivity index (χ4n) is 3.13. The molecule has 2 aromatic carbocycles. The molecular weight excluding hydrogens is 372 g/mol. The average molecular weight is 389 g/mol. The van der Waals surface area contributed by atoms with E-state index in [2.05, 4.69) is 81.1 Å². The molecule has 132 valence electrons. The molecule has 6 heteroatoms. The third-order valence-electron chi connectivity index (χ3n) is 4.48. The number of nitrogens with zero attached hydrogens (tertiary/aromatic N) is 2. The van der Waals surface area contributed by atoms with Crippen molar-refractivity contribution in [3.05, 3.63) is 67.1 Å². The van der Waals surface area contributed by atoms with Gasteiger partial charge in [-0.2, -0.15) is 0 Å². The Morgan fingerprint density at radius 3 is 2.93 bits per heavy atom. The van der Waals surface area contributed by atoms with Gasteiger partial charge in [0.1, 0.15) is 6.33 Å². The van der Waals surface area contributed by atoms with Crippen molar-refractivity contribution in [3.8, 4) is 10.4 Å². The smallest absolute Gasteiger partial charge is 0.151 e. The number of rotatable bonds is 4. The number of H-pyrrole nitrogens is 1. The lowest BCUT2D eigenvalue weighted by Gasteiger charge is -2.06. The summed E-state index contributed by atoms with van der Waals surface area (Å²) in [5.74, 6) is 0.840. The lowest BCUT2D eigenvalue weighted by Crippen LogP contribution is -1.94. The van der Waals surface area contributed by atoms with Crippen LogP contribution in [0.25, 0.3) is 31.6 Å². The predicted octanol–water partition coefficient (Wildman–Crippen LogP) is 6.31. The van der Waals surface area contributed by atoms with E-state index in [0.29, 0.717) is 0 Å². The Morgan fingerprint density at radius 2 is 2.00 bits per heavy atom. The van der Waals surface area contributed by atoms with E-state index < -0.39 is 0 Å². The second kappa shape index (κ2) is 6.72. The van der Waals surface area contributed by atoms with Gasteiger partial charge in [0.15, 0.2) is 5.82 Å². The molecule has 0 aliphatic rings. The number of fused-ring (bicyclic) bond motifs is 2. The Hall–Kier alpha value is -2.83. The molecule has 0 aliphatic carbocycles. The Labute approximate surface area is 164 Å². The minimum Gasteiger partial charge on any atom is -0.361 e. The normalized spacial score (nSPS) is 11.3. The van der Waals surface area contributed by atoms with Gasteiger partial charge in [0, 0.05) is 32.6 Å². The molecule has 0 saturated carbocycles. The third kappa shape index (κ3) is 3.07. The number of benzene rings is 2. The molecule has 0 atom stereocenters. The lowest BCUT2D eigenvalue weighted by atomic mass is 10.2. The number of thioether (sulfide) groups is 1. The molecule has 0 amide bonds. The summed E-state index contributed by atoms with van der Waals surface area (Å²) in [6.45, 7) is 0. The summed E-state index contributed by atoms with van der Waals surface area (Å²) >= 11 is 3.47. The topological polar surface area (TPSA) is 53.6 Å². The van der Waals surface area contributed by atoms with Gasteiger partial charge in [0.2, 0.25) is 0 Å². The van der Waals surface area contributed by atoms with E-state index >= 15 is 0 Å². The van der Waals surface area contributed by atoms with E-state index in [1.165, 1.54) is 20.7 Å². The molecule has 2 N–H and O–H groups in total. The number of aromatic nitrogens is 3. The summed E-state index contributed by atoms with van der Waals surface area (Å²) in [7, 11) is 0. The van der Waals surface area contributed by atoms with Gasteiger partial charge in [-0.1, -0.05) is 12.1 Å². The van der Waals surface area contributed by atoms with Crippen molar-refractivity contribution < 1.29 is 0 Å². The zero-order valence-corrected chi connectivity index (χ0v) is 16.2. The number of nitrogens with one attached hydrogen (secondary N) is 2. The van der Waals surface area contributed by atoms with Gasteiger partial charge in [-0.25, -0.2) is 9.97 Å². The molecule has 3 aromatic heterocycles. The quantitative estimate of drug-likeness (QED) is 0.355. The molecule has 0 spiro atoms. The van der Waals surface area contributed by atoms with Crippen LogP contribution in [0.3, 0.4) is 0 Å². The van der Waals surface area contributed by atoms with Crippen LogP contribution in [0.1, 0.15) is 0 Å². The molecule has 0 aliphatic heterocycles. The second-order valence-electron chi connectivity index (χ2n) is 6.18. The third-order valence-corrected chi connectivity index (χ3v) is 6.39. The molecule has 5 aromatic rings. The number of hydrogen-bond donors (Lipinski definition) is 2. The molecular formula is C21H16N4S2. The van der Waals surface area contributed by atoms with E-state index in [1.807, 2.05) is 6.20 Å². The van der Waals surface area contributed by atoms with E-state index in [9.17, 15) is 0 Å². The van der Waals surface area contributed by atoms with Crippen LogP contribution in [0.4, 0.5) is 11.5 Å². The summed E-state index contributed by atoms with van der Waals surface area (Å²) in [6, 6.07) is 19.1. The maximum atomic E-state index is 4.49. The average Bonchev–Trinajstić information content (AvgIpc) is 3.35. The fraction of sp³-hybridized carbons (Fsp3) is 0.0476.